The van der Waals surface area contributed by atoms with Crippen molar-refractivity contribution in [2.75, 3.05) is 5.32 Å². The third kappa shape index (κ3) is 6.57. The van der Waals surface area contributed by atoms with Crippen LogP contribution in [0.2, 0.25) is 0 Å². The highest BCUT2D eigenvalue weighted by Crippen LogP contribution is 2.51. The molecule has 1 aromatic carbocycles. The molecule has 0 aliphatic carbocycles. The molecule has 20 heteroatoms. The Balaban J connectivity index is 1.92. The summed E-state index contributed by atoms with van der Waals surface area (Å²) in [5.74, 6) is -17.0. The lowest BCUT2D eigenvalue weighted by atomic mass is 10.0. The number of pyridine rings is 1. The zero-order chi connectivity index (χ0) is 30.8. The lowest BCUT2D eigenvalue weighted by Gasteiger charge is -2.28. The van der Waals surface area contributed by atoms with Crippen LogP contribution >= 0.6 is 11.8 Å². The average Bonchev–Trinajstić information content (AvgIpc) is 3.34. The topological polar surface area (TPSA) is 146 Å². The number of Topliss-reactive ketones (excluding diaryl/α,β-unsaturated/α-hetero) is 1. The first kappa shape index (κ1) is 31.3. The number of hydrogen-bond donors (Lipinski definition) is 1. The highest BCUT2D eigenvalue weighted by Gasteiger charge is 2.73. The second kappa shape index (κ2) is 11.7. The van der Waals surface area contributed by atoms with Crippen LogP contribution in [-0.4, -0.2) is 53.9 Å². The van der Waals surface area contributed by atoms with E-state index in [-0.39, 0.29) is 47.5 Å². The normalized spacial score (nSPS) is 12.3. The maximum atomic E-state index is 14.5. The molecule has 0 spiro atoms. The SMILES string of the molecule is CCC(=O)CCn1nnnc1Sc1ccc([N+](=O)[O-])cc1C(=O)Nc1ncc(C(F)(F)C(F)(F)C(F)(F)F)cc1F. The summed E-state index contributed by atoms with van der Waals surface area (Å²) < 4.78 is 107. The molecule has 0 fully saturated rings. The molecule has 0 saturated heterocycles. The first-order chi connectivity index (χ1) is 19.0. The molecule has 11 nitrogen and oxygen atoms in total. The van der Waals surface area contributed by atoms with Crippen LogP contribution < -0.4 is 5.32 Å². The zero-order valence-electron chi connectivity index (χ0n) is 20.3. The van der Waals surface area contributed by atoms with E-state index in [2.05, 4.69) is 20.5 Å². The Morgan fingerprint density at radius 3 is 2.39 bits per heavy atom. The molecule has 1 amide bonds. The molecule has 220 valence electrons. The number of nitrogens with one attached hydrogen (secondary N) is 1. The van der Waals surface area contributed by atoms with E-state index in [1.165, 1.54) is 4.68 Å². The van der Waals surface area contributed by atoms with Gasteiger partial charge in [-0.2, -0.15) is 30.7 Å². The third-order valence-electron chi connectivity index (χ3n) is 5.30. The highest BCUT2D eigenvalue weighted by atomic mass is 32.2. The molecule has 2 aromatic heterocycles. The quantitative estimate of drug-likeness (QED) is 0.176. The first-order valence-electron chi connectivity index (χ1n) is 11.0. The molecule has 0 radical (unpaired) electrons. The number of tetrazole rings is 1. The van der Waals surface area contributed by atoms with Crippen molar-refractivity contribution < 1.29 is 49.6 Å². The van der Waals surface area contributed by atoms with Gasteiger partial charge in [-0.3, -0.25) is 19.7 Å². The maximum absolute atomic E-state index is 14.5. The number of benzene rings is 1. The monoisotopic (exact) mass is 613 g/mol. The fourth-order valence-corrected chi connectivity index (χ4v) is 3.95. The van der Waals surface area contributed by atoms with E-state index in [1.807, 2.05) is 0 Å². The Hall–Kier alpha value is -4.23. The molecule has 0 aliphatic rings. The Labute approximate surface area is 227 Å². The minimum Gasteiger partial charge on any atom is -0.304 e. The van der Waals surface area contributed by atoms with Crippen LogP contribution in [0.4, 0.5) is 46.6 Å². The summed E-state index contributed by atoms with van der Waals surface area (Å²) in [6.45, 7) is 1.70. The van der Waals surface area contributed by atoms with Crippen LogP contribution in [0.15, 0.2) is 40.5 Å². The van der Waals surface area contributed by atoms with Gasteiger partial charge < -0.3 is 5.32 Å². The standard InChI is InChI=1S/C21H15F8N7O4S/c1-2-12(37)5-6-35-18(32-33-34-35)41-15-4-3-11(36(39)40)8-13(15)17(38)31-16-14(22)7-10(9-30-16)19(23,24)20(25,26)21(27,28)29/h3-4,7-9H,2,5-6H2,1H3,(H,30,31,38). The summed E-state index contributed by atoms with van der Waals surface area (Å²) in [6.07, 6.45) is -6.54. The molecule has 0 atom stereocenters. The Bertz CT molecular complexity index is 1480. The second-order valence-electron chi connectivity index (χ2n) is 8.02. The van der Waals surface area contributed by atoms with Crippen LogP contribution in [-0.2, 0) is 17.3 Å². The molecule has 3 rings (SSSR count). The van der Waals surface area contributed by atoms with Gasteiger partial charge in [0.2, 0.25) is 5.16 Å². The number of ketones is 1. The van der Waals surface area contributed by atoms with Crippen molar-refractivity contribution >= 4 is 35.0 Å². The number of carbonyl (C=O) groups excluding carboxylic acids is 2. The summed E-state index contributed by atoms with van der Waals surface area (Å²) in [7, 11) is 0. The van der Waals surface area contributed by atoms with Crippen LogP contribution in [0.3, 0.4) is 0 Å². The van der Waals surface area contributed by atoms with Crippen LogP contribution in [0.1, 0.15) is 35.7 Å². The molecule has 2 heterocycles. The van der Waals surface area contributed by atoms with Crippen molar-refractivity contribution in [2.45, 2.75) is 54.4 Å². The van der Waals surface area contributed by atoms with Gasteiger partial charge in [0.1, 0.15) is 5.78 Å². The summed E-state index contributed by atoms with van der Waals surface area (Å²) in [6, 6.07) is 2.51. The summed E-state index contributed by atoms with van der Waals surface area (Å²) in [4.78, 5) is 37.9. The Kier molecular flexibility index (Phi) is 8.94. The van der Waals surface area contributed by atoms with Gasteiger partial charge in [-0.15, -0.1) is 5.10 Å². The fourth-order valence-electron chi connectivity index (χ4n) is 3.05. The highest BCUT2D eigenvalue weighted by molar-refractivity contribution is 7.99. The van der Waals surface area contributed by atoms with E-state index in [0.29, 0.717) is 11.8 Å². The van der Waals surface area contributed by atoms with E-state index in [0.717, 1.165) is 18.2 Å². The Morgan fingerprint density at radius 2 is 1.80 bits per heavy atom. The number of hydrogen-bond acceptors (Lipinski definition) is 9. The van der Waals surface area contributed by atoms with E-state index in [4.69, 9.17) is 0 Å². The molecule has 3 aromatic rings. The predicted molar refractivity (Wildman–Crippen MR) is 122 cm³/mol. The number of aromatic nitrogens is 5. The number of anilines is 1. The van der Waals surface area contributed by atoms with Gasteiger partial charge in [-0.25, -0.2) is 14.1 Å². The smallest absolute Gasteiger partial charge is 0.304 e. The number of rotatable bonds is 11. The van der Waals surface area contributed by atoms with Crippen molar-refractivity contribution in [3.63, 3.8) is 0 Å². The lowest BCUT2D eigenvalue weighted by molar-refractivity contribution is -0.384. The number of carbonyl (C=O) groups is 2. The van der Waals surface area contributed by atoms with E-state index < -0.39 is 57.3 Å². The largest absolute Gasteiger partial charge is 0.460 e. The van der Waals surface area contributed by atoms with Crippen molar-refractivity contribution in [1.29, 1.82) is 0 Å². The number of alkyl halides is 7. The molecular weight excluding hydrogens is 598 g/mol. The number of nitrogens with zero attached hydrogens (tertiary/aromatic N) is 6. The van der Waals surface area contributed by atoms with E-state index in [1.54, 1.807) is 12.2 Å². The minimum absolute atomic E-state index is 0.0401. The van der Waals surface area contributed by atoms with Crippen LogP contribution in [0, 0.1) is 15.9 Å². The van der Waals surface area contributed by atoms with Crippen LogP contribution in [0.5, 0.6) is 0 Å². The summed E-state index contributed by atoms with van der Waals surface area (Å²) in [5.41, 5.74) is -3.23. The van der Waals surface area contributed by atoms with Gasteiger partial charge in [0.15, 0.2) is 11.6 Å². The molecule has 0 bridgehead atoms. The van der Waals surface area contributed by atoms with Gasteiger partial charge in [-0.05, 0) is 34.3 Å². The zero-order valence-corrected chi connectivity index (χ0v) is 21.1. The maximum Gasteiger partial charge on any atom is 0.460 e. The number of amides is 1. The van der Waals surface area contributed by atoms with Gasteiger partial charge in [0, 0.05) is 41.6 Å². The van der Waals surface area contributed by atoms with Gasteiger partial charge in [-0.1, -0.05) is 6.92 Å². The third-order valence-corrected chi connectivity index (χ3v) is 6.35. The average molecular weight is 613 g/mol. The van der Waals surface area contributed by atoms with Gasteiger partial charge in [0.05, 0.1) is 17.0 Å². The number of halogens is 8. The van der Waals surface area contributed by atoms with Gasteiger partial charge in [0.25, 0.3) is 11.6 Å². The molecule has 0 saturated carbocycles. The molecule has 0 aliphatic heterocycles. The molecule has 41 heavy (non-hydrogen) atoms. The number of non-ortho nitro benzene ring substituents is 1. The molecule has 1 N–H and O–H groups in total. The van der Waals surface area contributed by atoms with Gasteiger partial charge >= 0.3 is 18.0 Å². The number of nitro groups is 1. The van der Waals surface area contributed by atoms with Crippen molar-refractivity contribution in [3.05, 3.63) is 57.5 Å². The van der Waals surface area contributed by atoms with E-state index >= 15 is 0 Å². The van der Waals surface area contributed by atoms with E-state index in [9.17, 15) is 54.8 Å². The first-order valence-corrected chi connectivity index (χ1v) is 11.8. The van der Waals surface area contributed by atoms with Crippen molar-refractivity contribution in [3.8, 4) is 0 Å². The van der Waals surface area contributed by atoms with Crippen molar-refractivity contribution in [1.82, 2.24) is 25.2 Å². The summed E-state index contributed by atoms with van der Waals surface area (Å²) in [5, 5.41) is 24.0. The van der Waals surface area contributed by atoms with Crippen LogP contribution in [0.25, 0.3) is 0 Å². The second-order valence-corrected chi connectivity index (χ2v) is 9.03. The number of aryl methyl sites for hydroxylation is 1. The molecule has 0 unspecified atom stereocenters. The Morgan fingerprint density at radius 1 is 1.12 bits per heavy atom. The molecular formula is C21H15F8N7O4S. The lowest BCUT2D eigenvalue weighted by Crippen LogP contribution is -2.50. The minimum atomic E-state index is -6.68. The van der Waals surface area contributed by atoms with Crippen molar-refractivity contribution in [2.24, 2.45) is 0 Å². The number of nitro benzene ring substituents is 1. The fraction of sp³-hybridized carbons (Fsp3) is 0.333. The predicted octanol–water partition coefficient (Wildman–Crippen LogP) is 5.18. The summed E-state index contributed by atoms with van der Waals surface area (Å²) >= 11 is 0.710.